The highest BCUT2D eigenvalue weighted by molar-refractivity contribution is 7.92. The molecule has 1 atom stereocenters. The average Bonchev–Trinajstić information content (AvgIpc) is 2.68. The molecule has 0 saturated heterocycles. The quantitative estimate of drug-likeness (QED) is 0.547. The van der Waals surface area contributed by atoms with Crippen LogP contribution in [0.2, 0.25) is 10.0 Å². The number of nitrogens with one attached hydrogen (secondary N) is 1. The summed E-state index contributed by atoms with van der Waals surface area (Å²) in [5, 5.41) is 3.09. The molecule has 180 valence electrons. The Kier molecular flexibility index (Phi) is 9.11. The number of carbonyl (C=O) groups excluding carboxylic acids is 2. The number of carbonyl (C=O) groups is 2. The van der Waals surface area contributed by atoms with Crippen molar-refractivity contribution in [2.75, 3.05) is 17.1 Å². The van der Waals surface area contributed by atoms with Gasteiger partial charge in [-0.3, -0.25) is 13.9 Å². The topological polar surface area (TPSA) is 86.8 Å². The fraction of sp³-hybridized carbons (Fsp3) is 0.364. The van der Waals surface area contributed by atoms with Crippen molar-refractivity contribution in [1.82, 2.24) is 10.2 Å². The predicted octanol–water partition coefficient (Wildman–Crippen LogP) is 3.84. The Morgan fingerprint density at radius 3 is 2.15 bits per heavy atom. The summed E-state index contributed by atoms with van der Waals surface area (Å²) in [6.07, 6.45) is 0.936. The third-order valence-corrected chi connectivity index (χ3v) is 6.29. The molecule has 0 aliphatic heterocycles. The summed E-state index contributed by atoms with van der Waals surface area (Å²) in [6.45, 7) is 4.16. The fourth-order valence-electron chi connectivity index (χ4n) is 3.09. The van der Waals surface area contributed by atoms with Gasteiger partial charge in [-0.05, 0) is 45.0 Å². The Morgan fingerprint density at radius 1 is 1.06 bits per heavy atom. The molecule has 0 radical (unpaired) electrons. The lowest BCUT2D eigenvalue weighted by molar-refractivity contribution is -0.139. The van der Waals surface area contributed by atoms with Crippen molar-refractivity contribution in [3.8, 4) is 0 Å². The minimum Gasteiger partial charge on any atom is -0.352 e. The van der Waals surface area contributed by atoms with Gasteiger partial charge in [0, 0.05) is 28.2 Å². The number of anilines is 1. The summed E-state index contributed by atoms with van der Waals surface area (Å²) < 4.78 is 40.2. The van der Waals surface area contributed by atoms with E-state index in [0.717, 1.165) is 15.5 Å². The normalized spacial score (nSPS) is 12.4. The van der Waals surface area contributed by atoms with Gasteiger partial charge < -0.3 is 10.2 Å². The summed E-state index contributed by atoms with van der Waals surface area (Å²) in [6, 6.07) is 8.81. The van der Waals surface area contributed by atoms with Gasteiger partial charge in [-0.2, -0.15) is 0 Å². The molecule has 7 nitrogen and oxygen atoms in total. The van der Waals surface area contributed by atoms with E-state index in [2.05, 4.69) is 5.32 Å². The molecular formula is C22H26Cl2FN3O4S. The van der Waals surface area contributed by atoms with E-state index in [1.54, 1.807) is 19.9 Å². The van der Waals surface area contributed by atoms with Crippen molar-refractivity contribution in [2.24, 2.45) is 0 Å². The molecule has 0 aliphatic rings. The maximum Gasteiger partial charge on any atom is 0.244 e. The molecule has 11 heteroatoms. The number of hydrogen-bond acceptors (Lipinski definition) is 4. The fourth-order valence-corrected chi connectivity index (χ4v) is 4.44. The molecule has 1 N–H and O–H groups in total. The Balaban J connectivity index is 2.44. The van der Waals surface area contributed by atoms with Crippen LogP contribution < -0.4 is 9.62 Å². The first-order valence-corrected chi connectivity index (χ1v) is 12.7. The summed E-state index contributed by atoms with van der Waals surface area (Å²) in [5.41, 5.74) is 0.278. The van der Waals surface area contributed by atoms with E-state index < -0.39 is 40.2 Å². The standard InChI is InChI=1S/C22H26Cl2FN3O4S/c1-14(2)26-22(30)15(3)27(12-16-7-5-6-8-20(16)25)21(29)13-28(33(4,31)32)19-10-17(23)9-18(24)11-19/h5-11,14-15H,12-13H2,1-4H3,(H,26,30)/t15-/m1/s1. The predicted molar refractivity (Wildman–Crippen MR) is 128 cm³/mol. The molecule has 0 bridgehead atoms. The van der Waals surface area contributed by atoms with Crippen LogP contribution in [0.4, 0.5) is 10.1 Å². The monoisotopic (exact) mass is 517 g/mol. The molecule has 0 aromatic heterocycles. The first kappa shape index (κ1) is 26.9. The molecule has 0 unspecified atom stereocenters. The molecule has 0 saturated carbocycles. The van der Waals surface area contributed by atoms with Crippen LogP contribution in [-0.2, 0) is 26.2 Å². The number of nitrogens with zero attached hydrogens (tertiary/aromatic N) is 2. The third-order valence-electron chi connectivity index (χ3n) is 4.71. The first-order chi connectivity index (χ1) is 15.3. The largest absolute Gasteiger partial charge is 0.352 e. The van der Waals surface area contributed by atoms with E-state index in [9.17, 15) is 22.4 Å². The Labute approximate surface area is 203 Å². The van der Waals surface area contributed by atoms with Crippen molar-refractivity contribution in [2.45, 2.75) is 39.4 Å². The zero-order valence-corrected chi connectivity index (χ0v) is 21.0. The van der Waals surface area contributed by atoms with E-state index >= 15 is 0 Å². The lowest BCUT2D eigenvalue weighted by atomic mass is 10.1. The molecule has 33 heavy (non-hydrogen) atoms. The number of sulfonamides is 1. The molecule has 2 aromatic rings. The first-order valence-electron chi connectivity index (χ1n) is 10.1. The number of hydrogen-bond donors (Lipinski definition) is 1. The van der Waals surface area contributed by atoms with Crippen molar-refractivity contribution < 1.29 is 22.4 Å². The molecule has 2 rings (SSSR count). The van der Waals surface area contributed by atoms with Crippen LogP contribution in [0.3, 0.4) is 0 Å². The second-order valence-corrected chi connectivity index (χ2v) is 10.6. The third kappa shape index (κ3) is 7.58. The van der Waals surface area contributed by atoms with Gasteiger partial charge in [-0.25, -0.2) is 12.8 Å². The van der Waals surface area contributed by atoms with Crippen molar-refractivity contribution in [3.63, 3.8) is 0 Å². The van der Waals surface area contributed by atoms with Gasteiger partial charge in [0.1, 0.15) is 18.4 Å². The zero-order valence-electron chi connectivity index (χ0n) is 18.7. The average molecular weight is 518 g/mol. The van der Waals surface area contributed by atoms with Crippen LogP contribution in [0, 0.1) is 5.82 Å². The van der Waals surface area contributed by atoms with Crippen LogP contribution >= 0.6 is 23.2 Å². The van der Waals surface area contributed by atoms with Gasteiger partial charge in [0.05, 0.1) is 11.9 Å². The van der Waals surface area contributed by atoms with Crippen LogP contribution in [0.1, 0.15) is 26.3 Å². The van der Waals surface area contributed by atoms with Gasteiger partial charge in [-0.15, -0.1) is 0 Å². The molecule has 0 heterocycles. The van der Waals surface area contributed by atoms with Gasteiger partial charge in [0.2, 0.25) is 21.8 Å². The highest BCUT2D eigenvalue weighted by Gasteiger charge is 2.31. The SMILES string of the molecule is CC(C)NC(=O)[C@@H](C)N(Cc1ccccc1F)C(=O)CN(c1cc(Cl)cc(Cl)c1)S(C)(=O)=O. The second-order valence-electron chi connectivity index (χ2n) is 7.85. The van der Waals surface area contributed by atoms with Crippen LogP contribution in [0.25, 0.3) is 0 Å². The number of benzene rings is 2. The van der Waals surface area contributed by atoms with E-state index in [4.69, 9.17) is 23.2 Å². The smallest absolute Gasteiger partial charge is 0.244 e. The molecule has 2 amide bonds. The highest BCUT2D eigenvalue weighted by Crippen LogP contribution is 2.27. The van der Waals surface area contributed by atoms with E-state index in [0.29, 0.717) is 0 Å². The summed E-state index contributed by atoms with van der Waals surface area (Å²) >= 11 is 12.0. The summed E-state index contributed by atoms with van der Waals surface area (Å²) in [5.74, 6) is -1.70. The minimum atomic E-state index is -3.93. The lowest BCUT2D eigenvalue weighted by Gasteiger charge is -2.32. The number of rotatable bonds is 9. The molecule has 2 aromatic carbocycles. The number of amides is 2. The number of halogens is 3. The second kappa shape index (κ2) is 11.2. The van der Waals surface area contributed by atoms with Crippen molar-refractivity contribution >= 4 is 50.7 Å². The van der Waals surface area contributed by atoms with Gasteiger partial charge in [0.15, 0.2) is 0 Å². The van der Waals surface area contributed by atoms with Crippen LogP contribution in [0.15, 0.2) is 42.5 Å². The van der Waals surface area contributed by atoms with E-state index in [-0.39, 0.29) is 33.9 Å². The van der Waals surface area contributed by atoms with Gasteiger partial charge in [-0.1, -0.05) is 41.4 Å². The van der Waals surface area contributed by atoms with E-state index in [1.165, 1.54) is 43.3 Å². The van der Waals surface area contributed by atoms with Gasteiger partial charge >= 0.3 is 0 Å². The summed E-state index contributed by atoms with van der Waals surface area (Å²) in [7, 11) is -3.93. The lowest BCUT2D eigenvalue weighted by Crippen LogP contribution is -2.52. The van der Waals surface area contributed by atoms with Crippen LogP contribution in [0.5, 0.6) is 0 Å². The molecule has 0 aliphatic carbocycles. The Morgan fingerprint density at radius 2 is 1.64 bits per heavy atom. The van der Waals surface area contributed by atoms with Crippen molar-refractivity contribution in [3.05, 3.63) is 63.9 Å². The minimum absolute atomic E-state index is 0.0912. The van der Waals surface area contributed by atoms with Crippen LogP contribution in [-0.4, -0.2) is 50.0 Å². The van der Waals surface area contributed by atoms with E-state index in [1.807, 2.05) is 0 Å². The van der Waals surface area contributed by atoms with Gasteiger partial charge in [0.25, 0.3) is 0 Å². The maximum atomic E-state index is 14.3. The molecule has 0 fully saturated rings. The Hall–Kier alpha value is -2.36. The van der Waals surface area contributed by atoms with Crippen molar-refractivity contribution in [1.29, 1.82) is 0 Å². The zero-order chi connectivity index (χ0) is 24.9. The maximum absolute atomic E-state index is 14.3. The Bertz CT molecular complexity index is 1110. The molecular weight excluding hydrogens is 492 g/mol. The molecule has 0 spiro atoms. The summed E-state index contributed by atoms with van der Waals surface area (Å²) in [4.78, 5) is 27.1. The highest BCUT2D eigenvalue weighted by atomic mass is 35.5.